The van der Waals surface area contributed by atoms with Crippen LogP contribution in [0.15, 0.2) is 53.3 Å². The average molecular weight is 286 g/mol. The molecular formula is C16H12ClNO2. The Labute approximate surface area is 120 Å². The maximum Gasteiger partial charge on any atom is 0.190 e. The Morgan fingerprint density at radius 3 is 2.55 bits per heavy atom. The van der Waals surface area contributed by atoms with Crippen molar-refractivity contribution in [2.75, 3.05) is 0 Å². The molecule has 0 bridgehead atoms. The maximum atomic E-state index is 12.2. The van der Waals surface area contributed by atoms with Gasteiger partial charge in [-0.25, -0.2) is 0 Å². The van der Waals surface area contributed by atoms with Gasteiger partial charge in [0.25, 0.3) is 0 Å². The SMILES string of the molecule is O=c1cc(-c2ccccc2)[nH]c2c(Cl)c(CO)ccc12. The highest BCUT2D eigenvalue weighted by atomic mass is 35.5. The molecule has 0 amide bonds. The van der Waals surface area contributed by atoms with Gasteiger partial charge in [0, 0.05) is 17.1 Å². The van der Waals surface area contributed by atoms with E-state index in [1.807, 2.05) is 30.3 Å². The first kappa shape index (κ1) is 12.9. The van der Waals surface area contributed by atoms with Crippen LogP contribution in [0.5, 0.6) is 0 Å². The summed E-state index contributed by atoms with van der Waals surface area (Å²) < 4.78 is 0. The summed E-state index contributed by atoms with van der Waals surface area (Å²) in [5, 5.41) is 10.2. The van der Waals surface area contributed by atoms with Crippen LogP contribution in [0.4, 0.5) is 0 Å². The quantitative estimate of drug-likeness (QED) is 0.759. The number of aromatic nitrogens is 1. The minimum absolute atomic E-state index is 0.0935. The van der Waals surface area contributed by atoms with Crippen molar-refractivity contribution >= 4 is 22.5 Å². The summed E-state index contributed by atoms with van der Waals surface area (Å²) in [6, 6.07) is 14.5. The van der Waals surface area contributed by atoms with Gasteiger partial charge in [-0.05, 0) is 17.2 Å². The average Bonchev–Trinajstić information content (AvgIpc) is 2.49. The molecule has 0 aliphatic carbocycles. The zero-order chi connectivity index (χ0) is 14.1. The highest BCUT2D eigenvalue weighted by molar-refractivity contribution is 6.35. The maximum absolute atomic E-state index is 12.2. The molecule has 3 rings (SSSR count). The fourth-order valence-corrected chi connectivity index (χ4v) is 2.49. The number of fused-ring (bicyclic) bond motifs is 1. The molecule has 1 heterocycles. The van der Waals surface area contributed by atoms with Crippen molar-refractivity contribution in [3.05, 3.63) is 69.3 Å². The van der Waals surface area contributed by atoms with E-state index in [1.165, 1.54) is 0 Å². The molecule has 0 saturated heterocycles. The summed E-state index contributed by atoms with van der Waals surface area (Å²) in [6.45, 7) is -0.160. The Hall–Kier alpha value is -2.10. The number of aliphatic hydroxyl groups is 1. The molecule has 100 valence electrons. The first-order valence-electron chi connectivity index (χ1n) is 6.21. The van der Waals surface area contributed by atoms with Gasteiger partial charge < -0.3 is 10.1 Å². The van der Waals surface area contributed by atoms with E-state index in [-0.39, 0.29) is 12.0 Å². The number of aliphatic hydroxyl groups excluding tert-OH is 1. The van der Waals surface area contributed by atoms with Crippen LogP contribution in [0.3, 0.4) is 0 Å². The van der Waals surface area contributed by atoms with Gasteiger partial charge in [-0.2, -0.15) is 0 Å². The molecule has 3 nitrogen and oxygen atoms in total. The summed E-state index contributed by atoms with van der Waals surface area (Å²) in [4.78, 5) is 15.4. The van der Waals surface area contributed by atoms with Gasteiger partial charge in [0.05, 0.1) is 17.1 Å². The van der Waals surface area contributed by atoms with E-state index in [2.05, 4.69) is 4.98 Å². The summed E-state index contributed by atoms with van der Waals surface area (Å²) >= 11 is 6.24. The molecule has 0 spiro atoms. The molecule has 0 saturated carbocycles. The Morgan fingerprint density at radius 1 is 1.10 bits per heavy atom. The van der Waals surface area contributed by atoms with Crippen molar-refractivity contribution in [2.24, 2.45) is 0 Å². The van der Waals surface area contributed by atoms with Crippen molar-refractivity contribution in [1.29, 1.82) is 0 Å². The summed E-state index contributed by atoms with van der Waals surface area (Å²) in [6.07, 6.45) is 0. The third-order valence-electron chi connectivity index (χ3n) is 3.28. The minimum atomic E-state index is -0.160. The van der Waals surface area contributed by atoms with Crippen molar-refractivity contribution < 1.29 is 5.11 Å². The number of halogens is 1. The standard InChI is InChI=1S/C16H12ClNO2/c17-15-11(9-19)6-7-12-14(20)8-13(18-16(12)15)10-4-2-1-3-5-10/h1-8,19H,9H2,(H,18,20). The molecule has 20 heavy (non-hydrogen) atoms. The predicted octanol–water partition coefficient (Wildman–Crippen LogP) is 3.34. The lowest BCUT2D eigenvalue weighted by atomic mass is 10.1. The van der Waals surface area contributed by atoms with Crippen molar-refractivity contribution in [2.45, 2.75) is 6.61 Å². The van der Waals surface area contributed by atoms with Crippen LogP contribution in [0.25, 0.3) is 22.2 Å². The third kappa shape index (κ3) is 2.11. The molecule has 4 heteroatoms. The minimum Gasteiger partial charge on any atom is -0.392 e. The Morgan fingerprint density at radius 2 is 1.85 bits per heavy atom. The molecule has 0 atom stereocenters. The summed E-state index contributed by atoms with van der Waals surface area (Å²) in [5.74, 6) is 0. The second-order valence-corrected chi connectivity index (χ2v) is 4.91. The number of pyridine rings is 1. The van der Waals surface area contributed by atoms with Crippen LogP contribution >= 0.6 is 11.6 Å². The van der Waals surface area contributed by atoms with Crippen LogP contribution in [-0.2, 0) is 6.61 Å². The smallest absolute Gasteiger partial charge is 0.190 e. The second-order valence-electron chi connectivity index (χ2n) is 4.53. The first-order valence-corrected chi connectivity index (χ1v) is 6.59. The van der Waals surface area contributed by atoms with E-state index in [9.17, 15) is 9.90 Å². The van der Waals surface area contributed by atoms with Crippen LogP contribution < -0.4 is 5.43 Å². The van der Waals surface area contributed by atoms with E-state index in [4.69, 9.17) is 11.6 Å². The van der Waals surface area contributed by atoms with Crippen molar-refractivity contribution in [1.82, 2.24) is 4.98 Å². The molecule has 0 fully saturated rings. The molecule has 0 unspecified atom stereocenters. The van der Waals surface area contributed by atoms with E-state index >= 15 is 0 Å². The third-order valence-corrected chi connectivity index (χ3v) is 3.71. The fraction of sp³-hybridized carbons (Fsp3) is 0.0625. The number of nitrogens with one attached hydrogen (secondary N) is 1. The van der Waals surface area contributed by atoms with Gasteiger partial charge in [0.2, 0.25) is 0 Å². The number of benzene rings is 2. The zero-order valence-corrected chi connectivity index (χ0v) is 11.3. The number of H-pyrrole nitrogens is 1. The van der Waals surface area contributed by atoms with Gasteiger partial charge in [0.1, 0.15) is 0 Å². The van der Waals surface area contributed by atoms with Gasteiger partial charge in [-0.3, -0.25) is 4.79 Å². The molecule has 3 aromatic rings. The lowest BCUT2D eigenvalue weighted by Crippen LogP contribution is -2.04. The van der Waals surface area contributed by atoms with Crippen molar-refractivity contribution in [3.63, 3.8) is 0 Å². The topological polar surface area (TPSA) is 53.1 Å². The van der Waals surface area contributed by atoms with Crippen LogP contribution in [0, 0.1) is 0 Å². The lowest BCUT2D eigenvalue weighted by Gasteiger charge is -2.08. The Kier molecular flexibility index (Phi) is 3.30. The first-order chi connectivity index (χ1) is 9.70. The molecular weight excluding hydrogens is 274 g/mol. The van der Waals surface area contributed by atoms with E-state index < -0.39 is 0 Å². The summed E-state index contributed by atoms with van der Waals surface area (Å²) in [7, 11) is 0. The molecule has 2 N–H and O–H groups in total. The van der Waals surface area contributed by atoms with Gasteiger partial charge >= 0.3 is 0 Å². The number of hydrogen-bond donors (Lipinski definition) is 2. The van der Waals surface area contributed by atoms with Crippen LogP contribution in [-0.4, -0.2) is 10.1 Å². The molecule has 0 aliphatic heterocycles. The lowest BCUT2D eigenvalue weighted by molar-refractivity contribution is 0.282. The second kappa shape index (κ2) is 5.12. The Balaban J connectivity index is 2.33. The van der Waals surface area contributed by atoms with E-state index in [1.54, 1.807) is 18.2 Å². The molecule has 0 radical (unpaired) electrons. The van der Waals surface area contributed by atoms with Crippen molar-refractivity contribution in [3.8, 4) is 11.3 Å². The normalized spacial score (nSPS) is 10.9. The molecule has 0 aliphatic rings. The van der Waals surface area contributed by atoms with Gasteiger partial charge in [-0.1, -0.05) is 48.0 Å². The zero-order valence-electron chi connectivity index (χ0n) is 10.6. The predicted molar refractivity (Wildman–Crippen MR) is 80.9 cm³/mol. The fourth-order valence-electron chi connectivity index (χ4n) is 2.22. The number of aromatic amines is 1. The van der Waals surface area contributed by atoms with E-state index in [0.29, 0.717) is 27.2 Å². The van der Waals surface area contributed by atoms with E-state index in [0.717, 1.165) is 5.56 Å². The number of rotatable bonds is 2. The highest BCUT2D eigenvalue weighted by Crippen LogP contribution is 2.26. The van der Waals surface area contributed by atoms with Crippen LogP contribution in [0.2, 0.25) is 5.02 Å². The molecule has 1 aromatic heterocycles. The highest BCUT2D eigenvalue weighted by Gasteiger charge is 2.10. The molecule has 2 aromatic carbocycles. The monoisotopic (exact) mass is 285 g/mol. The largest absolute Gasteiger partial charge is 0.392 e. The van der Waals surface area contributed by atoms with Gasteiger partial charge in [0.15, 0.2) is 5.43 Å². The number of hydrogen-bond acceptors (Lipinski definition) is 2. The summed E-state index contributed by atoms with van der Waals surface area (Å²) in [5.41, 5.74) is 2.69. The van der Waals surface area contributed by atoms with Crippen LogP contribution in [0.1, 0.15) is 5.56 Å². The Bertz CT molecular complexity index is 825. The van der Waals surface area contributed by atoms with Gasteiger partial charge in [-0.15, -0.1) is 0 Å².